The van der Waals surface area contributed by atoms with Crippen LogP contribution in [-0.4, -0.2) is 28.7 Å². The van der Waals surface area contributed by atoms with Crippen molar-refractivity contribution in [2.75, 3.05) is 19.1 Å². The highest BCUT2D eigenvalue weighted by molar-refractivity contribution is 7.03. The fraction of sp³-hybridized carbons (Fsp3) is 0.364. The summed E-state index contributed by atoms with van der Waals surface area (Å²) in [6, 6.07) is 2.18. The highest BCUT2D eigenvalue weighted by Gasteiger charge is 2.33. The molecule has 0 aliphatic rings. The summed E-state index contributed by atoms with van der Waals surface area (Å²) in [6.07, 6.45) is -4.48. The zero-order valence-electron chi connectivity index (χ0n) is 10.7. The second-order valence-electron chi connectivity index (χ2n) is 3.98. The van der Waals surface area contributed by atoms with E-state index < -0.39 is 11.9 Å². The summed E-state index contributed by atoms with van der Waals surface area (Å²) in [4.78, 5) is 1.67. The van der Waals surface area contributed by atoms with Crippen LogP contribution >= 0.6 is 11.5 Å². The maximum atomic E-state index is 12.4. The number of rotatable bonds is 4. The Bertz CT molecular complexity index is 570. The van der Waals surface area contributed by atoms with Crippen LogP contribution in [0.1, 0.15) is 11.3 Å². The Balaban J connectivity index is 2.12. The summed E-state index contributed by atoms with van der Waals surface area (Å²) < 4.78 is 46.3. The summed E-state index contributed by atoms with van der Waals surface area (Å²) in [7, 11) is 3.21. The number of aromatic nitrogens is 3. The van der Waals surface area contributed by atoms with Crippen molar-refractivity contribution in [2.24, 2.45) is 0 Å². The van der Waals surface area contributed by atoms with Gasteiger partial charge in [0.2, 0.25) is 5.88 Å². The number of hydrogen-bond donors (Lipinski definition) is 0. The number of hydrogen-bond acceptors (Lipinski definition) is 6. The maximum absolute atomic E-state index is 12.4. The molecule has 0 atom stereocenters. The lowest BCUT2D eigenvalue weighted by Gasteiger charge is -2.17. The predicted molar refractivity (Wildman–Crippen MR) is 67.8 cm³/mol. The second kappa shape index (κ2) is 5.61. The van der Waals surface area contributed by atoms with Crippen molar-refractivity contribution in [1.29, 1.82) is 0 Å². The molecule has 0 spiro atoms. The van der Waals surface area contributed by atoms with Crippen molar-refractivity contribution >= 4 is 17.4 Å². The van der Waals surface area contributed by atoms with E-state index in [2.05, 4.69) is 14.6 Å². The van der Waals surface area contributed by atoms with Crippen LogP contribution in [0.5, 0.6) is 5.88 Å². The molecule has 0 aromatic carbocycles. The molecule has 2 rings (SSSR count). The van der Waals surface area contributed by atoms with Crippen molar-refractivity contribution in [2.45, 2.75) is 12.7 Å². The molecule has 0 aliphatic heterocycles. The normalized spacial score (nSPS) is 11.4. The van der Waals surface area contributed by atoms with E-state index in [1.807, 2.05) is 5.38 Å². The first-order chi connectivity index (χ1) is 9.41. The lowest BCUT2D eigenvalue weighted by molar-refractivity contribution is -0.141. The molecule has 2 aromatic rings. The van der Waals surface area contributed by atoms with Crippen LogP contribution < -0.4 is 9.64 Å². The van der Waals surface area contributed by atoms with E-state index >= 15 is 0 Å². The first-order valence-electron chi connectivity index (χ1n) is 5.51. The first kappa shape index (κ1) is 14.5. The van der Waals surface area contributed by atoms with Gasteiger partial charge in [-0.3, -0.25) is 0 Å². The van der Waals surface area contributed by atoms with Gasteiger partial charge in [-0.05, 0) is 23.7 Å². The van der Waals surface area contributed by atoms with Crippen LogP contribution in [0.2, 0.25) is 0 Å². The molecule has 2 aromatic heterocycles. The lowest BCUT2D eigenvalue weighted by atomic mass is 10.3. The molecule has 5 nitrogen and oxygen atoms in total. The summed E-state index contributed by atoms with van der Waals surface area (Å²) >= 11 is 1.25. The van der Waals surface area contributed by atoms with E-state index in [1.54, 1.807) is 11.9 Å². The van der Waals surface area contributed by atoms with Gasteiger partial charge < -0.3 is 9.64 Å². The van der Waals surface area contributed by atoms with Crippen LogP contribution in [0.3, 0.4) is 0 Å². The second-order valence-corrected chi connectivity index (χ2v) is 4.61. The zero-order chi connectivity index (χ0) is 14.8. The highest BCUT2D eigenvalue weighted by atomic mass is 32.1. The van der Waals surface area contributed by atoms with Crippen LogP contribution in [0.15, 0.2) is 17.5 Å². The van der Waals surface area contributed by atoms with Gasteiger partial charge in [0.1, 0.15) is 0 Å². The quantitative estimate of drug-likeness (QED) is 0.869. The fourth-order valence-corrected chi connectivity index (χ4v) is 2.18. The minimum Gasteiger partial charge on any atom is -0.480 e. The van der Waals surface area contributed by atoms with E-state index in [0.717, 1.165) is 11.6 Å². The Morgan fingerprint density at radius 2 is 2.05 bits per heavy atom. The Kier molecular flexibility index (Phi) is 4.07. The smallest absolute Gasteiger partial charge is 0.435 e. The third kappa shape index (κ3) is 3.16. The number of anilines is 1. The number of halogens is 3. The molecule has 2 heterocycles. The molecule has 0 saturated carbocycles. The third-order valence-electron chi connectivity index (χ3n) is 2.54. The molecule has 0 N–H and O–H groups in total. The molecule has 0 unspecified atom stereocenters. The molecule has 108 valence electrons. The van der Waals surface area contributed by atoms with E-state index in [-0.39, 0.29) is 0 Å². The van der Waals surface area contributed by atoms with Gasteiger partial charge in [-0.1, -0.05) is 0 Å². The minimum absolute atomic E-state index is 0.339. The van der Waals surface area contributed by atoms with Crippen LogP contribution in [0, 0.1) is 0 Å². The first-order valence-corrected chi connectivity index (χ1v) is 6.34. The summed E-state index contributed by atoms with van der Waals surface area (Å²) in [6.45, 7) is 0.416. The standard InChI is InChI=1S/C11H11F3N4OS/c1-18(5-7-6-20-17-10(7)19-2)9-4-3-8(15-16-9)11(12,13)14/h3-4,6H,5H2,1-2H3. The van der Waals surface area contributed by atoms with Gasteiger partial charge in [0.15, 0.2) is 11.5 Å². The molecule has 0 fully saturated rings. The van der Waals surface area contributed by atoms with Gasteiger partial charge in [0, 0.05) is 18.0 Å². The van der Waals surface area contributed by atoms with Crippen molar-refractivity contribution in [3.05, 3.63) is 28.8 Å². The maximum Gasteiger partial charge on any atom is 0.435 e. The van der Waals surface area contributed by atoms with Crippen molar-refractivity contribution in [1.82, 2.24) is 14.6 Å². The largest absolute Gasteiger partial charge is 0.480 e. The molecule has 0 aliphatic carbocycles. The summed E-state index contributed by atoms with van der Waals surface area (Å²) in [5.41, 5.74) is -0.175. The molecule has 0 radical (unpaired) electrons. The highest BCUT2D eigenvalue weighted by Crippen LogP contribution is 2.28. The van der Waals surface area contributed by atoms with Crippen LogP contribution in [0.25, 0.3) is 0 Å². The Hall–Kier alpha value is -1.90. The number of nitrogens with zero attached hydrogens (tertiary/aromatic N) is 4. The van der Waals surface area contributed by atoms with Gasteiger partial charge in [0.25, 0.3) is 0 Å². The third-order valence-corrected chi connectivity index (χ3v) is 3.20. The van der Waals surface area contributed by atoms with Gasteiger partial charge in [-0.15, -0.1) is 10.2 Å². The minimum atomic E-state index is -4.48. The topological polar surface area (TPSA) is 51.1 Å². The summed E-state index contributed by atoms with van der Waals surface area (Å²) in [5.74, 6) is 0.841. The van der Waals surface area contributed by atoms with E-state index in [9.17, 15) is 13.2 Å². The van der Waals surface area contributed by atoms with Crippen LogP contribution in [0.4, 0.5) is 19.0 Å². The average molecular weight is 304 g/mol. The van der Waals surface area contributed by atoms with Crippen LogP contribution in [-0.2, 0) is 12.7 Å². The lowest BCUT2D eigenvalue weighted by Crippen LogP contribution is -2.19. The average Bonchev–Trinajstić information content (AvgIpc) is 2.85. The fourth-order valence-electron chi connectivity index (χ4n) is 1.54. The molecular weight excluding hydrogens is 293 g/mol. The number of alkyl halides is 3. The summed E-state index contributed by atoms with van der Waals surface area (Å²) in [5, 5.41) is 8.57. The SMILES string of the molecule is COc1nscc1CN(C)c1ccc(C(F)(F)F)nn1. The Morgan fingerprint density at radius 1 is 1.30 bits per heavy atom. The van der Waals surface area contributed by atoms with Crippen molar-refractivity contribution in [3.8, 4) is 5.88 Å². The number of ether oxygens (including phenoxy) is 1. The van der Waals surface area contributed by atoms with Crippen molar-refractivity contribution < 1.29 is 17.9 Å². The Morgan fingerprint density at radius 3 is 2.60 bits per heavy atom. The van der Waals surface area contributed by atoms with E-state index in [4.69, 9.17) is 4.74 Å². The molecule has 20 heavy (non-hydrogen) atoms. The van der Waals surface area contributed by atoms with Gasteiger partial charge in [0.05, 0.1) is 13.7 Å². The van der Waals surface area contributed by atoms with Crippen molar-refractivity contribution in [3.63, 3.8) is 0 Å². The molecule has 0 amide bonds. The molecule has 0 bridgehead atoms. The van der Waals surface area contributed by atoms with Gasteiger partial charge >= 0.3 is 6.18 Å². The Labute approximate surface area is 117 Å². The molecule has 0 saturated heterocycles. The zero-order valence-corrected chi connectivity index (χ0v) is 11.5. The number of methoxy groups -OCH3 is 1. The van der Waals surface area contributed by atoms with Gasteiger partial charge in [-0.2, -0.15) is 17.5 Å². The van der Waals surface area contributed by atoms with E-state index in [0.29, 0.717) is 18.2 Å². The molecule has 9 heteroatoms. The van der Waals surface area contributed by atoms with E-state index in [1.165, 1.54) is 24.7 Å². The predicted octanol–water partition coefficient (Wildman–Crippen LogP) is 2.60. The molecular formula is C11H11F3N4OS. The van der Waals surface area contributed by atoms with Gasteiger partial charge in [-0.25, -0.2) is 0 Å². The monoisotopic (exact) mass is 304 g/mol.